The Bertz CT molecular complexity index is 803. The van der Waals surface area contributed by atoms with Gasteiger partial charge in [0.05, 0.1) is 5.56 Å². The number of anilines is 1. The Labute approximate surface area is 122 Å². The van der Waals surface area contributed by atoms with Gasteiger partial charge < -0.3 is 15.0 Å². The standard InChI is InChI=1S/C15H19N3O3/c1-9-5-6-12(10(2)13(9)19)16-7-11-8-17(3)15(21)18(4)14(11)20/h5-6,8,16,19H,7H2,1-4H3. The first-order valence-electron chi connectivity index (χ1n) is 6.61. The SMILES string of the molecule is Cc1ccc(NCc2cn(C)c(=O)n(C)c2=O)c(C)c1O. The molecule has 2 aromatic rings. The second-order valence-electron chi connectivity index (χ2n) is 5.17. The molecule has 6 heteroatoms. The molecule has 0 radical (unpaired) electrons. The molecule has 0 atom stereocenters. The minimum Gasteiger partial charge on any atom is -0.507 e. The Kier molecular flexibility index (Phi) is 3.88. The molecule has 1 aromatic carbocycles. The molecular weight excluding hydrogens is 270 g/mol. The summed E-state index contributed by atoms with van der Waals surface area (Å²) in [5.74, 6) is 0.244. The topological polar surface area (TPSA) is 76.3 Å². The summed E-state index contributed by atoms with van der Waals surface area (Å²) in [5, 5.41) is 13.0. The first-order valence-corrected chi connectivity index (χ1v) is 6.61. The van der Waals surface area contributed by atoms with Crippen molar-refractivity contribution in [3.8, 4) is 5.75 Å². The number of phenols is 1. The molecular formula is C15H19N3O3. The molecule has 21 heavy (non-hydrogen) atoms. The van der Waals surface area contributed by atoms with Gasteiger partial charge in [0.25, 0.3) is 5.56 Å². The summed E-state index contributed by atoms with van der Waals surface area (Å²) >= 11 is 0. The molecule has 2 N–H and O–H groups in total. The molecule has 1 heterocycles. The third-order valence-electron chi connectivity index (χ3n) is 3.62. The summed E-state index contributed by atoms with van der Waals surface area (Å²) < 4.78 is 2.45. The molecule has 0 amide bonds. The summed E-state index contributed by atoms with van der Waals surface area (Å²) in [6.07, 6.45) is 1.53. The molecule has 0 spiro atoms. The largest absolute Gasteiger partial charge is 0.507 e. The van der Waals surface area contributed by atoms with Crippen molar-refractivity contribution in [3.05, 3.63) is 55.9 Å². The van der Waals surface area contributed by atoms with Gasteiger partial charge in [-0.2, -0.15) is 0 Å². The molecule has 1 aromatic heterocycles. The van der Waals surface area contributed by atoms with Crippen LogP contribution in [0.2, 0.25) is 0 Å². The van der Waals surface area contributed by atoms with E-state index in [0.717, 1.165) is 21.4 Å². The highest BCUT2D eigenvalue weighted by Crippen LogP contribution is 2.28. The Balaban J connectivity index is 2.32. The van der Waals surface area contributed by atoms with Crippen molar-refractivity contribution in [3.63, 3.8) is 0 Å². The molecule has 2 rings (SSSR count). The van der Waals surface area contributed by atoms with E-state index in [9.17, 15) is 14.7 Å². The number of nitrogens with one attached hydrogen (secondary N) is 1. The van der Waals surface area contributed by atoms with Crippen molar-refractivity contribution < 1.29 is 5.11 Å². The maximum absolute atomic E-state index is 12.0. The normalized spacial score (nSPS) is 10.7. The fraction of sp³-hybridized carbons (Fsp3) is 0.333. The van der Waals surface area contributed by atoms with Crippen molar-refractivity contribution in [2.75, 3.05) is 5.32 Å². The maximum Gasteiger partial charge on any atom is 0.330 e. The van der Waals surface area contributed by atoms with E-state index in [1.165, 1.54) is 17.8 Å². The van der Waals surface area contributed by atoms with E-state index in [4.69, 9.17) is 0 Å². The van der Waals surface area contributed by atoms with Crippen LogP contribution in [-0.2, 0) is 20.6 Å². The second kappa shape index (κ2) is 5.47. The fourth-order valence-corrected chi connectivity index (χ4v) is 2.22. The van der Waals surface area contributed by atoms with E-state index in [-0.39, 0.29) is 23.5 Å². The Morgan fingerprint density at radius 2 is 1.86 bits per heavy atom. The highest BCUT2D eigenvalue weighted by Gasteiger charge is 2.09. The fourth-order valence-electron chi connectivity index (χ4n) is 2.22. The number of aromatic nitrogens is 2. The van der Waals surface area contributed by atoms with Crippen molar-refractivity contribution in [1.82, 2.24) is 9.13 Å². The van der Waals surface area contributed by atoms with Gasteiger partial charge >= 0.3 is 5.69 Å². The molecule has 0 unspecified atom stereocenters. The van der Waals surface area contributed by atoms with Crippen molar-refractivity contribution in [2.45, 2.75) is 20.4 Å². The van der Waals surface area contributed by atoms with Gasteiger partial charge in [0.15, 0.2) is 0 Å². The molecule has 6 nitrogen and oxygen atoms in total. The average molecular weight is 289 g/mol. The first kappa shape index (κ1) is 14.9. The molecule has 0 aliphatic rings. The van der Waals surface area contributed by atoms with Gasteiger partial charge in [-0.3, -0.25) is 9.36 Å². The van der Waals surface area contributed by atoms with Gasteiger partial charge in [-0.05, 0) is 25.5 Å². The summed E-state index contributed by atoms with van der Waals surface area (Å²) in [6, 6.07) is 3.67. The van der Waals surface area contributed by atoms with E-state index >= 15 is 0 Å². The van der Waals surface area contributed by atoms with Crippen LogP contribution in [0.1, 0.15) is 16.7 Å². The van der Waals surface area contributed by atoms with Gasteiger partial charge in [0, 0.05) is 38.1 Å². The quantitative estimate of drug-likeness (QED) is 0.884. The van der Waals surface area contributed by atoms with Crippen LogP contribution in [0.5, 0.6) is 5.75 Å². The van der Waals surface area contributed by atoms with Gasteiger partial charge in [0.2, 0.25) is 0 Å². The van der Waals surface area contributed by atoms with Crippen LogP contribution in [-0.4, -0.2) is 14.2 Å². The lowest BCUT2D eigenvalue weighted by molar-refractivity contribution is 0.467. The Morgan fingerprint density at radius 1 is 1.19 bits per heavy atom. The van der Waals surface area contributed by atoms with Crippen molar-refractivity contribution in [1.29, 1.82) is 0 Å². The van der Waals surface area contributed by atoms with Gasteiger partial charge in [-0.1, -0.05) is 6.07 Å². The zero-order valence-electron chi connectivity index (χ0n) is 12.6. The number of aromatic hydroxyl groups is 1. The van der Waals surface area contributed by atoms with E-state index in [1.807, 2.05) is 26.0 Å². The lowest BCUT2D eigenvalue weighted by Gasteiger charge is -2.13. The van der Waals surface area contributed by atoms with Crippen molar-refractivity contribution in [2.24, 2.45) is 14.1 Å². The molecule has 112 valence electrons. The monoisotopic (exact) mass is 289 g/mol. The summed E-state index contributed by atoms with van der Waals surface area (Å²) in [7, 11) is 3.06. The smallest absolute Gasteiger partial charge is 0.330 e. The average Bonchev–Trinajstić information content (AvgIpc) is 2.46. The third-order valence-corrected chi connectivity index (χ3v) is 3.62. The second-order valence-corrected chi connectivity index (χ2v) is 5.17. The molecule has 0 aliphatic carbocycles. The molecule has 0 fully saturated rings. The number of benzene rings is 1. The summed E-state index contributed by atoms with van der Waals surface area (Å²) in [6.45, 7) is 3.92. The number of phenolic OH excluding ortho intramolecular Hbond substituents is 1. The van der Waals surface area contributed by atoms with Crippen LogP contribution in [0.3, 0.4) is 0 Å². The summed E-state index contributed by atoms with van der Waals surface area (Å²) in [4.78, 5) is 23.7. The van der Waals surface area contributed by atoms with E-state index < -0.39 is 0 Å². The van der Waals surface area contributed by atoms with Crippen LogP contribution in [0, 0.1) is 13.8 Å². The maximum atomic E-state index is 12.0. The predicted octanol–water partition coefficient (Wildman–Crippen LogP) is 1.02. The van der Waals surface area contributed by atoms with Crippen molar-refractivity contribution >= 4 is 5.69 Å². The van der Waals surface area contributed by atoms with E-state index in [2.05, 4.69) is 5.32 Å². The van der Waals surface area contributed by atoms with Crippen LogP contribution in [0.4, 0.5) is 5.69 Å². The molecule has 0 aliphatic heterocycles. The number of nitrogens with zero attached hydrogens (tertiary/aromatic N) is 2. The van der Waals surface area contributed by atoms with E-state index in [0.29, 0.717) is 5.56 Å². The number of rotatable bonds is 3. The zero-order chi connectivity index (χ0) is 15.7. The van der Waals surface area contributed by atoms with Crippen LogP contribution < -0.4 is 16.6 Å². The highest BCUT2D eigenvalue weighted by molar-refractivity contribution is 5.59. The number of aryl methyl sites for hydroxylation is 2. The van der Waals surface area contributed by atoms with Crippen LogP contribution in [0.15, 0.2) is 27.9 Å². The number of hydrogen-bond donors (Lipinski definition) is 2. The lowest BCUT2D eigenvalue weighted by Crippen LogP contribution is -2.38. The molecule has 0 bridgehead atoms. The predicted molar refractivity (Wildman–Crippen MR) is 81.8 cm³/mol. The Morgan fingerprint density at radius 3 is 2.52 bits per heavy atom. The minimum absolute atomic E-state index is 0.244. The molecule has 0 saturated heterocycles. The first-order chi connectivity index (χ1) is 9.82. The summed E-state index contributed by atoms with van der Waals surface area (Å²) in [5.41, 5.74) is 2.10. The third kappa shape index (κ3) is 2.69. The zero-order valence-corrected chi connectivity index (χ0v) is 12.6. The number of hydrogen-bond acceptors (Lipinski definition) is 4. The minimum atomic E-state index is -0.354. The van der Waals surface area contributed by atoms with Crippen LogP contribution in [0.25, 0.3) is 0 Å². The lowest BCUT2D eigenvalue weighted by atomic mass is 10.1. The van der Waals surface area contributed by atoms with Gasteiger partial charge in [-0.25, -0.2) is 4.79 Å². The highest BCUT2D eigenvalue weighted by atomic mass is 16.3. The van der Waals surface area contributed by atoms with Gasteiger partial charge in [-0.15, -0.1) is 0 Å². The molecule has 0 saturated carbocycles. The van der Waals surface area contributed by atoms with Gasteiger partial charge in [0.1, 0.15) is 5.75 Å². The van der Waals surface area contributed by atoms with Crippen LogP contribution >= 0.6 is 0 Å². The Hall–Kier alpha value is -2.50. The van der Waals surface area contributed by atoms with E-state index in [1.54, 1.807) is 7.05 Å².